The molecule has 1 N–H and O–H groups in total. The van der Waals surface area contributed by atoms with Crippen LogP contribution in [0.1, 0.15) is 10.7 Å². The van der Waals surface area contributed by atoms with Gasteiger partial charge in [-0.3, -0.25) is 4.79 Å². The predicted octanol–water partition coefficient (Wildman–Crippen LogP) is 2.70. The quantitative estimate of drug-likeness (QED) is 0.933. The Labute approximate surface area is 117 Å². The highest BCUT2D eigenvalue weighted by Gasteiger charge is 2.10. The molecule has 1 aromatic carbocycles. The number of rotatable bonds is 4. The van der Waals surface area contributed by atoms with Gasteiger partial charge in [-0.05, 0) is 19.1 Å². The second-order valence-corrected chi connectivity index (χ2v) is 5.56. The third-order valence-electron chi connectivity index (χ3n) is 2.67. The number of carbonyl (C=O) groups excluding carboxylic acids is 1. The molecule has 0 aliphatic carbocycles. The van der Waals surface area contributed by atoms with Crippen molar-refractivity contribution in [3.63, 3.8) is 0 Å². The molecule has 4 nitrogen and oxygen atoms in total. The molecule has 0 atom stereocenters. The highest BCUT2D eigenvalue weighted by Crippen LogP contribution is 2.23. The van der Waals surface area contributed by atoms with Crippen LogP contribution in [0.4, 0.5) is 11.4 Å². The number of hydrogen-bond acceptors (Lipinski definition) is 4. The summed E-state index contributed by atoms with van der Waals surface area (Å²) in [4.78, 5) is 18.3. The number of aryl methyl sites for hydroxylation is 1. The van der Waals surface area contributed by atoms with E-state index in [0.29, 0.717) is 6.42 Å². The number of benzene rings is 1. The molecule has 0 unspecified atom stereocenters. The van der Waals surface area contributed by atoms with Crippen molar-refractivity contribution in [3.8, 4) is 0 Å². The molecule has 2 aromatic rings. The van der Waals surface area contributed by atoms with Crippen LogP contribution >= 0.6 is 11.3 Å². The van der Waals surface area contributed by atoms with Gasteiger partial charge in [0.05, 0.1) is 28.5 Å². The summed E-state index contributed by atoms with van der Waals surface area (Å²) in [6.45, 7) is 1.94. The van der Waals surface area contributed by atoms with E-state index in [9.17, 15) is 4.79 Å². The zero-order valence-corrected chi connectivity index (χ0v) is 12.1. The standard InChI is InChI=1S/C14H17N3OS/c1-10-15-11(9-19-10)8-14(18)16-12-6-4-5-7-13(12)17(2)3/h4-7,9H,8H2,1-3H3,(H,16,18). The Bertz CT molecular complexity index is 578. The first-order valence-corrected chi connectivity index (χ1v) is 6.91. The number of aromatic nitrogens is 1. The van der Waals surface area contributed by atoms with E-state index in [1.54, 1.807) is 11.3 Å². The minimum atomic E-state index is -0.0420. The van der Waals surface area contributed by atoms with Gasteiger partial charge in [0.25, 0.3) is 0 Å². The average Bonchev–Trinajstić information content (AvgIpc) is 2.75. The van der Waals surface area contributed by atoms with Crippen molar-refractivity contribution in [1.82, 2.24) is 4.98 Å². The van der Waals surface area contributed by atoms with Gasteiger partial charge in [0.2, 0.25) is 5.91 Å². The Morgan fingerprint density at radius 1 is 1.37 bits per heavy atom. The molecule has 0 fully saturated rings. The smallest absolute Gasteiger partial charge is 0.230 e. The number of anilines is 2. The second-order valence-electron chi connectivity index (χ2n) is 4.49. The van der Waals surface area contributed by atoms with Crippen LogP contribution in [-0.2, 0) is 11.2 Å². The van der Waals surface area contributed by atoms with Crippen LogP contribution in [0.5, 0.6) is 0 Å². The first kappa shape index (κ1) is 13.5. The third-order valence-corrected chi connectivity index (χ3v) is 3.49. The summed E-state index contributed by atoms with van der Waals surface area (Å²) in [5.74, 6) is -0.0420. The molecule has 0 radical (unpaired) electrons. The summed E-state index contributed by atoms with van der Waals surface area (Å²) >= 11 is 1.56. The summed E-state index contributed by atoms with van der Waals surface area (Å²) in [6, 6.07) is 7.74. The SMILES string of the molecule is Cc1nc(CC(=O)Nc2ccccc2N(C)C)cs1. The minimum Gasteiger partial charge on any atom is -0.376 e. The molecule has 2 rings (SSSR count). The lowest BCUT2D eigenvalue weighted by Crippen LogP contribution is -2.18. The number of para-hydroxylation sites is 2. The number of thiazole rings is 1. The highest BCUT2D eigenvalue weighted by molar-refractivity contribution is 7.09. The van der Waals surface area contributed by atoms with Crippen LogP contribution < -0.4 is 10.2 Å². The van der Waals surface area contributed by atoms with Crippen molar-refractivity contribution < 1.29 is 4.79 Å². The molecule has 0 saturated carbocycles. The first-order valence-electron chi connectivity index (χ1n) is 6.03. The van der Waals surface area contributed by atoms with Crippen LogP contribution in [0.2, 0.25) is 0 Å². The van der Waals surface area contributed by atoms with E-state index < -0.39 is 0 Å². The molecule has 5 heteroatoms. The fraction of sp³-hybridized carbons (Fsp3) is 0.286. The number of hydrogen-bond donors (Lipinski definition) is 1. The summed E-state index contributed by atoms with van der Waals surface area (Å²) in [5, 5.41) is 5.84. The monoisotopic (exact) mass is 275 g/mol. The molecule has 0 saturated heterocycles. The molecule has 1 aromatic heterocycles. The van der Waals surface area contributed by atoms with E-state index in [4.69, 9.17) is 0 Å². The van der Waals surface area contributed by atoms with Gasteiger partial charge < -0.3 is 10.2 Å². The topological polar surface area (TPSA) is 45.2 Å². The largest absolute Gasteiger partial charge is 0.376 e. The van der Waals surface area contributed by atoms with Crippen molar-refractivity contribution >= 4 is 28.6 Å². The maximum absolute atomic E-state index is 12.0. The highest BCUT2D eigenvalue weighted by atomic mass is 32.1. The number of nitrogens with zero attached hydrogens (tertiary/aromatic N) is 2. The number of carbonyl (C=O) groups is 1. The molecule has 0 aliphatic rings. The van der Waals surface area contributed by atoms with Crippen LogP contribution in [0.15, 0.2) is 29.6 Å². The summed E-state index contributed by atoms with van der Waals surface area (Å²) in [7, 11) is 3.91. The molecular weight excluding hydrogens is 258 g/mol. The molecule has 1 heterocycles. The lowest BCUT2D eigenvalue weighted by atomic mass is 10.2. The van der Waals surface area contributed by atoms with Gasteiger partial charge in [-0.15, -0.1) is 11.3 Å². The number of nitrogens with one attached hydrogen (secondary N) is 1. The summed E-state index contributed by atoms with van der Waals surface area (Å²) in [6.07, 6.45) is 0.312. The van der Waals surface area contributed by atoms with E-state index in [1.807, 2.05) is 55.6 Å². The summed E-state index contributed by atoms with van der Waals surface area (Å²) < 4.78 is 0. The lowest BCUT2D eigenvalue weighted by Gasteiger charge is -2.17. The predicted molar refractivity (Wildman–Crippen MR) is 80.0 cm³/mol. The molecule has 0 bridgehead atoms. The molecule has 0 aliphatic heterocycles. The molecule has 1 amide bonds. The minimum absolute atomic E-state index is 0.0420. The van der Waals surface area contributed by atoms with E-state index >= 15 is 0 Å². The Hall–Kier alpha value is -1.88. The Balaban J connectivity index is 2.07. The molecule has 100 valence electrons. The van der Waals surface area contributed by atoms with Crippen molar-refractivity contribution in [1.29, 1.82) is 0 Å². The van der Waals surface area contributed by atoms with Crippen molar-refractivity contribution in [2.45, 2.75) is 13.3 Å². The van der Waals surface area contributed by atoms with E-state index in [1.165, 1.54) is 0 Å². The average molecular weight is 275 g/mol. The van der Waals surface area contributed by atoms with Gasteiger partial charge in [0.15, 0.2) is 0 Å². The fourth-order valence-corrected chi connectivity index (χ4v) is 2.43. The van der Waals surface area contributed by atoms with Crippen LogP contribution in [0.3, 0.4) is 0 Å². The van der Waals surface area contributed by atoms with Crippen molar-refractivity contribution in [2.75, 3.05) is 24.3 Å². The van der Waals surface area contributed by atoms with E-state index in [-0.39, 0.29) is 5.91 Å². The van der Waals surface area contributed by atoms with Crippen molar-refractivity contribution in [3.05, 3.63) is 40.3 Å². The van der Waals surface area contributed by atoms with Crippen LogP contribution in [0.25, 0.3) is 0 Å². The molecule has 19 heavy (non-hydrogen) atoms. The normalized spacial score (nSPS) is 10.3. The zero-order chi connectivity index (χ0) is 13.8. The van der Waals surface area contributed by atoms with E-state index in [0.717, 1.165) is 22.1 Å². The van der Waals surface area contributed by atoms with Crippen LogP contribution in [-0.4, -0.2) is 25.0 Å². The van der Waals surface area contributed by atoms with Gasteiger partial charge in [-0.1, -0.05) is 12.1 Å². The van der Waals surface area contributed by atoms with Gasteiger partial charge in [0, 0.05) is 19.5 Å². The van der Waals surface area contributed by atoms with Crippen molar-refractivity contribution in [2.24, 2.45) is 0 Å². The molecular formula is C14H17N3OS. The second kappa shape index (κ2) is 5.84. The first-order chi connectivity index (χ1) is 9.06. The van der Waals surface area contributed by atoms with Gasteiger partial charge in [-0.2, -0.15) is 0 Å². The molecule has 0 spiro atoms. The Morgan fingerprint density at radius 3 is 2.74 bits per heavy atom. The summed E-state index contributed by atoms with van der Waals surface area (Å²) in [5.41, 5.74) is 2.64. The van der Waals surface area contributed by atoms with Gasteiger partial charge in [0.1, 0.15) is 0 Å². The Morgan fingerprint density at radius 2 is 2.11 bits per heavy atom. The zero-order valence-electron chi connectivity index (χ0n) is 11.3. The maximum atomic E-state index is 12.0. The van der Waals surface area contributed by atoms with Gasteiger partial charge >= 0.3 is 0 Å². The van der Waals surface area contributed by atoms with Crippen LogP contribution in [0, 0.1) is 6.92 Å². The van der Waals surface area contributed by atoms with Gasteiger partial charge in [-0.25, -0.2) is 4.98 Å². The number of amides is 1. The third kappa shape index (κ3) is 3.54. The van der Waals surface area contributed by atoms with E-state index in [2.05, 4.69) is 10.3 Å². The maximum Gasteiger partial charge on any atom is 0.230 e. The lowest BCUT2D eigenvalue weighted by molar-refractivity contribution is -0.115. The Kier molecular flexibility index (Phi) is 4.16. The fourth-order valence-electron chi connectivity index (χ4n) is 1.82.